The molecule has 2 saturated heterocycles. The number of nitrogens with one attached hydrogen (secondary N) is 1. The molecule has 2 heterocycles. The van der Waals surface area contributed by atoms with Crippen molar-refractivity contribution in [1.29, 1.82) is 0 Å². The van der Waals surface area contributed by atoms with Gasteiger partial charge in [0.1, 0.15) is 6.04 Å². The van der Waals surface area contributed by atoms with Gasteiger partial charge in [0.15, 0.2) is 9.84 Å². The summed E-state index contributed by atoms with van der Waals surface area (Å²) in [7, 11) is -3.37. The van der Waals surface area contributed by atoms with E-state index < -0.39 is 9.84 Å². The molecule has 0 aromatic heterocycles. The third-order valence-electron chi connectivity index (χ3n) is 4.97. The second-order valence-electron chi connectivity index (χ2n) is 6.93. The molecular formula is C18H26ClN3O5S. The Morgan fingerprint density at radius 1 is 1.14 bits per heavy atom. The number of sulfone groups is 1. The van der Waals surface area contributed by atoms with Gasteiger partial charge in [-0.2, -0.15) is 0 Å². The summed E-state index contributed by atoms with van der Waals surface area (Å²) in [6.07, 6.45) is 0.940. The number of nitrogens with zero attached hydrogens (tertiary/aromatic N) is 2. The van der Waals surface area contributed by atoms with E-state index in [4.69, 9.17) is 4.74 Å². The largest absolute Gasteiger partial charge is 0.375 e. The number of hydrogen-bond donors (Lipinski definition) is 1. The third kappa shape index (κ3) is 5.02. The Morgan fingerprint density at radius 2 is 1.79 bits per heavy atom. The summed E-state index contributed by atoms with van der Waals surface area (Å²) in [6, 6.07) is 5.70. The molecule has 0 saturated carbocycles. The van der Waals surface area contributed by atoms with Gasteiger partial charge in [-0.25, -0.2) is 8.42 Å². The van der Waals surface area contributed by atoms with Gasteiger partial charge in [0, 0.05) is 44.5 Å². The predicted octanol–water partition coefficient (Wildman–Crippen LogP) is 0.173. The van der Waals surface area contributed by atoms with Crippen LogP contribution in [0.15, 0.2) is 29.2 Å². The summed E-state index contributed by atoms with van der Waals surface area (Å²) in [5.74, 6) is -0.228. The zero-order valence-corrected chi connectivity index (χ0v) is 17.6. The van der Waals surface area contributed by atoms with Gasteiger partial charge in [0.2, 0.25) is 5.91 Å². The van der Waals surface area contributed by atoms with Crippen LogP contribution in [0.5, 0.6) is 0 Å². The summed E-state index contributed by atoms with van der Waals surface area (Å²) >= 11 is 0. The van der Waals surface area contributed by atoms with Crippen molar-refractivity contribution in [2.75, 3.05) is 45.6 Å². The number of halogens is 1. The summed E-state index contributed by atoms with van der Waals surface area (Å²) in [5.41, 5.74) is 0.341. The van der Waals surface area contributed by atoms with Crippen molar-refractivity contribution in [3.05, 3.63) is 29.8 Å². The molecule has 0 radical (unpaired) electrons. The van der Waals surface area contributed by atoms with E-state index in [0.29, 0.717) is 44.9 Å². The van der Waals surface area contributed by atoms with Gasteiger partial charge in [-0.15, -0.1) is 12.4 Å². The number of ether oxygens (including phenoxy) is 1. The van der Waals surface area contributed by atoms with E-state index in [9.17, 15) is 18.0 Å². The molecule has 2 aliphatic heterocycles. The van der Waals surface area contributed by atoms with Gasteiger partial charge in [-0.3, -0.25) is 9.59 Å². The van der Waals surface area contributed by atoms with E-state index in [1.54, 1.807) is 21.9 Å². The zero-order chi connectivity index (χ0) is 19.6. The highest BCUT2D eigenvalue weighted by Crippen LogP contribution is 2.16. The quantitative estimate of drug-likeness (QED) is 0.733. The molecule has 2 aliphatic rings. The fraction of sp³-hybridized carbons (Fsp3) is 0.556. The topological polar surface area (TPSA) is 96.0 Å². The number of carbonyl (C=O) groups is 2. The molecule has 0 bridgehead atoms. The maximum atomic E-state index is 12.7. The first-order valence-electron chi connectivity index (χ1n) is 9.00. The minimum absolute atomic E-state index is 0. The van der Waals surface area contributed by atoms with Crippen LogP contribution in [0.25, 0.3) is 0 Å². The van der Waals surface area contributed by atoms with Gasteiger partial charge in [-0.05, 0) is 25.1 Å². The Bertz CT molecular complexity index is 824. The van der Waals surface area contributed by atoms with Crippen molar-refractivity contribution in [2.45, 2.75) is 24.0 Å². The minimum atomic E-state index is -3.37. The number of amides is 2. The molecule has 2 fully saturated rings. The average Bonchev–Trinajstić information content (AvgIpc) is 2.67. The van der Waals surface area contributed by atoms with Crippen LogP contribution < -0.4 is 5.32 Å². The van der Waals surface area contributed by atoms with E-state index >= 15 is 0 Å². The first-order chi connectivity index (χ1) is 12.8. The number of benzene rings is 1. The molecular weight excluding hydrogens is 406 g/mol. The Hall–Kier alpha value is -1.68. The number of morpholine rings is 1. The Morgan fingerprint density at radius 3 is 2.39 bits per heavy atom. The summed E-state index contributed by atoms with van der Waals surface area (Å²) < 4.78 is 28.9. The molecule has 28 heavy (non-hydrogen) atoms. The number of carbonyl (C=O) groups excluding carboxylic acids is 2. The van der Waals surface area contributed by atoms with Crippen molar-refractivity contribution < 1.29 is 22.7 Å². The minimum Gasteiger partial charge on any atom is -0.375 e. The number of rotatable bonds is 3. The SMILES string of the molecule is C[C@H]1OCCN[C@@H]1C(=O)N1CCN(C(=O)c2cccc(S(C)(=O)=O)c2)CC1.Cl. The fourth-order valence-corrected chi connectivity index (χ4v) is 4.05. The number of piperazine rings is 1. The van der Waals surface area contributed by atoms with E-state index in [0.717, 1.165) is 6.26 Å². The van der Waals surface area contributed by atoms with Crippen molar-refractivity contribution in [2.24, 2.45) is 0 Å². The maximum absolute atomic E-state index is 12.7. The van der Waals surface area contributed by atoms with Crippen molar-refractivity contribution >= 4 is 34.1 Å². The predicted molar refractivity (Wildman–Crippen MR) is 106 cm³/mol. The fourth-order valence-electron chi connectivity index (χ4n) is 3.38. The Labute approximate surface area is 171 Å². The Balaban J connectivity index is 0.00000280. The second kappa shape index (κ2) is 9.21. The lowest BCUT2D eigenvalue weighted by Gasteiger charge is -2.38. The first kappa shape index (κ1) is 22.6. The summed E-state index contributed by atoms with van der Waals surface area (Å²) in [5, 5.41) is 3.19. The van der Waals surface area contributed by atoms with Gasteiger partial charge in [-0.1, -0.05) is 6.07 Å². The highest BCUT2D eigenvalue weighted by Gasteiger charge is 2.34. The van der Waals surface area contributed by atoms with Gasteiger partial charge in [0.05, 0.1) is 17.6 Å². The summed E-state index contributed by atoms with van der Waals surface area (Å²) in [4.78, 5) is 28.9. The van der Waals surface area contributed by atoms with Crippen molar-refractivity contribution in [3.63, 3.8) is 0 Å². The van der Waals surface area contributed by atoms with E-state index in [-0.39, 0.29) is 41.3 Å². The van der Waals surface area contributed by atoms with E-state index in [1.165, 1.54) is 12.1 Å². The van der Waals surface area contributed by atoms with Crippen LogP contribution in [0.4, 0.5) is 0 Å². The molecule has 1 aromatic rings. The normalized spacial score (nSPS) is 23.1. The standard InChI is InChI=1S/C18H25N3O5S.ClH/c1-13-16(19-6-11-26-13)18(23)21-9-7-20(8-10-21)17(22)14-4-3-5-15(12-14)27(2,24)25;/h3-5,12-13,16,19H,6-11H2,1-2H3;1H/t13-,16+;/m1./s1. The van der Waals surface area contributed by atoms with Crippen LogP contribution in [0.2, 0.25) is 0 Å². The molecule has 8 nitrogen and oxygen atoms in total. The molecule has 1 aromatic carbocycles. The van der Waals surface area contributed by atoms with Gasteiger partial charge >= 0.3 is 0 Å². The average molecular weight is 432 g/mol. The van der Waals surface area contributed by atoms with Crippen LogP contribution in [-0.2, 0) is 19.4 Å². The molecule has 2 amide bonds. The molecule has 0 unspecified atom stereocenters. The highest BCUT2D eigenvalue weighted by molar-refractivity contribution is 7.90. The monoisotopic (exact) mass is 431 g/mol. The van der Waals surface area contributed by atoms with Crippen LogP contribution in [0, 0.1) is 0 Å². The first-order valence-corrected chi connectivity index (χ1v) is 10.9. The van der Waals surface area contributed by atoms with Crippen molar-refractivity contribution in [1.82, 2.24) is 15.1 Å². The lowest BCUT2D eigenvalue weighted by atomic mass is 10.1. The van der Waals surface area contributed by atoms with Crippen LogP contribution >= 0.6 is 12.4 Å². The third-order valence-corrected chi connectivity index (χ3v) is 6.08. The van der Waals surface area contributed by atoms with Crippen LogP contribution in [0.3, 0.4) is 0 Å². The second-order valence-corrected chi connectivity index (χ2v) is 8.94. The number of hydrogen-bond acceptors (Lipinski definition) is 6. The molecule has 0 spiro atoms. The zero-order valence-electron chi connectivity index (χ0n) is 16.0. The summed E-state index contributed by atoms with van der Waals surface area (Å²) in [6.45, 7) is 4.84. The molecule has 156 valence electrons. The smallest absolute Gasteiger partial charge is 0.254 e. The molecule has 1 N–H and O–H groups in total. The lowest BCUT2D eigenvalue weighted by Crippen LogP contribution is -2.60. The molecule has 10 heteroatoms. The van der Waals surface area contributed by atoms with Gasteiger partial charge < -0.3 is 19.9 Å². The highest BCUT2D eigenvalue weighted by atomic mass is 35.5. The molecule has 3 rings (SSSR count). The van der Waals surface area contributed by atoms with E-state index in [2.05, 4.69) is 5.32 Å². The Kier molecular flexibility index (Phi) is 7.44. The van der Waals surface area contributed by atoms with Crippen molar-refractivity contribution in [3.8, 4) is 0 Å². The van der Waals surface area contributed by atoms with Gasteiger partial charge in [0.25, 0.3) is 5.91 Å². The maximum Gasteiger partial charge on any atom is 0.254 e. The molecule has 2 atom stereocenters. The van der Waals surface area contributed by atoms with E-state index in [1.807, 2.05) is 6.92 Å². The lowest BCUT2D eigenvalue weighted by molar-refractivity contribution is -0.140. The molecule has 0 aliphatic carbocycles. The van der Waals surface area contributed by atoms with Crippen LogP contribution in [-0.4, -0.2) is 87.8 Å². The van der Waals surface area contributed by atoms with Crippen LogP contribution in [0.1, 0.15) is 17.3 Å².